The molecule has 1 rings (SSSR count). The van der Waals surface area contributed by atoms with Crippen LogP contribution in [0, 0.1) is 0 Å². The van der Waals surface area contributed by atoms with Crippen LogP contribution < -0.4 is 5.32 Å². The van der Waals surface area contributed by atoms with Gasteiger partial charge in [0.05, 0.1) is 6.54 Å². The molecule has 0 aliphatic carbocycles. The first-order valence-electron chi connectivity index (χ1n) is 5.96. The fourth-order valence-corrected chi connectivity index (χ4v) is 2.41. The van der Waals surface area contributed by atoms with Crippen molar-refractivity contribution in [3.8, 4) is 0 Å². The van der Waals surface area contributed by atoms with E-state index in [-0.39, 0.29) is 6.54 Å². The van der Waals surface area contributed by atoms with Crippen molar-refractivity contribution in [2.45, 2.75) is 19.9 Å². The molecule has 0 spiro atoms. The van der Waals surface area contributed by atoms with Gasteiger partial charge in [-0.1, -0.05) is 6.92 Å². The van der Waals surface area contributed by atoms with E-state index >= 15 is 0 Å². The van der Waals surface area contributed by atoms with Crippen molar-refractivity contribution >= 4 is 29.3 Å². The number of rotatable bonds is 7. The van der Waals surface area contributed by atoms with Gasteiger partial charge in [-0.05, 0) is 18.6 Å². The van der Waals surface area contributed by atoms with Crippen molar-refractivity contribution < 1.29 is 24.6 Å². The van der Waals surface area contributed by atoms with Crippen molar-refractivity contribution in [2.75, 3.05) is 13.1 Å². The summed E-state index contributed by atoms with van der Waals surface area (Å²) in [5, 5.41) is 19.8. The molecule has 7 nitrogen and oxygen atoms in total. The number of hydrogen-bond donors (Lipinski definition) is 3. The van der Waals surface area contributed by atoms with Gasteiger partial charge in [-0.2, -0.15) is 0 Å². The van der Waals surface area contributed by atoms with Crippen molar-refractivity contribution in [1.29, 1.82) is 0 Å². The average Bonchev–Trinajstić information content (AvgIpc) is 2.82. The first-order valence-corrected chi connectivity index (χ1v) is 6.78. The van der Waals surface area contributed by atoms with E-state index in [4.69, 9.17) is 10.2 Å². The molecule has 0 aliphatic heterocycles. The summed E-state index contributed by atoms with van der Waals surface area (Å²) in [6.07, 6.45) is 0.906. The molecule has 0 aliphatic rings. The molecule has 110 valence electrons. The van der Waals surface area contributed by atoms with Crippen molar-refractivity contribution in [3.05, 3.63) is 21.9 Å². The van der Waals surface area contributed by atoms with E-state index < -0.39 is 31.1 Å². The lowest BCUT2D eigenvalue weighted by Crippen LogP contribution is -2.44. The number of amides is 2. The summed E-state index contributed by atoms with van der Waals surface area (Å²) in [5.74, 6) is -2.52. The SMILES string of the molecule is CCc1ccc(CNC(=O)N(CC(=O)O)CC(=O)O)s1. The number of carbonyl (C=O) groups excluding carboxylic acids is 1. The van der Waals surface area contributed by atoms with Crippen LogP contribution in [0.25, 0.3) is 0 Å². The van der Waals surface area contributed by atoms with Crippen molar-refractivity contribution in [2.24, 2.45) is 0 Å². The number of carbonyl (C=O) groups is 3. The second-order valence-corrected chi connectivity index (χ2v) is 5.28. The molecule has 0 radical (unpaired) electrons. The summed E-state index contributed by atoms with van der Waals surface area (Å²) in [5.41, 5.74) is 0. The van der Waals surface area contributed by atoms with E-state index in [2.05, 4.69) is 5.32 Å². The summed E-state index contributed by atoms with van der Waals surface area (Å²) >= 11 is 1.55. The zero-order valence-corrected chi connectivity index (χ0v) is 11.8. The molecule has 0 aromatic carbocycles. The molecule has 0 bridgehead atoms. The first-order chi connectivity index (χ1) is 9.42. The highest BCUT2D eigenvalue weighted by molar-refractivity contribution is 7.11. The molecule has 0 unspecified atom stereocenters. The molecule has 1 aromatic heterocycles. The van der Waals surface area contributed by atoms with Crippen LogP contribution >= 0.6 is 11.3 Å². The van der Waals surface area contributed by atoms with Crippen molar-refractivity contribution in [1.82, 2.24) is 10.2 Å². The third kappa shape index (κ3) is 5.27. The zero-order valence-electron chi connectivity index (χ0n) is 11.0. The van der Waals surface area contributed by atoms with Crippen LogP contribution in [0.1, 0.15) is 16.7 Å². The Morgan fingerprint density at radius 1 is 1.15 bits per heavy atom. The Hall–Kier alpha value is -2.09. The normalized spacial score (nSPS) is 10.1. The van der Waals surface area contributed by atoms with E-state index in [0.717, 1.165) is 16.2 Å². The number of urea groups is 1. The molecule has 1 aromatic rings. The number of thiophene rings is 1. The number of hydrogen-bond acceptors (Lipinski definition) is 4. The smallest absolute Gasteiger partial charge is 0.323 e. The Morgan fingerprint density at radius 2 is 1.70 bits per heavy atom. The maximum atomic E-state index is 11.8. The van der Waals surface area contributed by atoms with Crippen LogP contribution in [0.4, 0.5) is 4.79 Å². The Bertz CT molecular complexity index is 484. The predicted molar refractivity (Wildman–Crippen MR) is 72.8 cm³/mol. The molecular weight excluding hydrogens is 284 g/mol. The van der Waals surface area contributed by atoms with E-state index in [1.165, 1.54) is 4.88 Å². The average molecular weight is 300 g/mol. The van der Waals surface area contributed by atoms with Crippen LogP contribution in [0.5, 0.6) is 0 Å². The monoisotopic (exact) mass is 300 g/mol. The van der Waals surface area contributed by atoms with Gasteiger partial charge in [0.15, 0.2) is 0 Å². The number of nitrogens with one attached hydrogen (secondary N) is 1. The van der Waals surface area contributed by atoms with E-state index in [9.17, 15) is 14.4 Å². The molecule has 0 saturated heterocycles. The van der Waals surface area contributed by atoms with Gasteiger partial charge in [0.25, 0.3) is 0 Å². The maximum Gasteiger partial charge on any atom is 0.323 e. The van der Waals surface area contributed by atoms with Crippen LogP contribution in [-0.2, 0) is 22.6 Å². The Morgan fingerprint density at radius 3 is 2.15 bits per heavy atom. The quantitative estimate of drug-likeness (QED) is 0.696. The fourth-order valence-electron chi connectivity index (χ4n) is 1.51. The van der Waals surface area contributed by atoms with Gasteiger partial charge in [0.2, 0.25) is 0 Å². The van der Waals surface area contributed by atoms with Crippen LogP contribution in [0.2, 0.25) is 0 Å². The lowest BCUT2D eigenvalue weighted by Gasteiger charge is -2.18. The summed E-state index contributed by atoms with van der Waals surface area (Å²) in [7, 11) is 0. The highest BCUT2D eigenvalue weighted by atomic mass is 32.1. The number of nitrogens with zero attached hydrogens (tertiary/aromatic N) is 1. The first kappa shape index (κ1) is 16.0. The minimum Gasteiger partial charge on any atom is -0.480 e. The van der Waals surface area contributed by atoms with Crippen molar-refractivity contribution in [3.63, 3.8) is 0 Å². The lowest BCUT2D eigenvalue weighted by molar-refractivity contribution is -0.140. The van der Waals surface area contributed by atoms with Crippen LogP contribution in [0.3, 0.4) is 0 Å². The van der Waals surface area contributed by atoms with Gasteiger partial charge in [0, 0.05) is 9.75 Å². The lowest BCUT2D eigenvalue weighted by atomic mass is 10.3. The summed E-state index contributed by atoms with van der Waals surface area (Å²) in [6, 6.07) is 3.13. The van der Waals surface area contributed by atoms with E-state index in [0.29, 0.717) is 0 Å². The van der Waals surface area contributed by atoms with Gasteiger partial charge in [-0.25, -0.2) is 4.79 Å². The Labute approximate surface area is 119 Å². The van der Waals surface area contributed by atoms with E-state index in [1.54, 1.807) is 11.3 Å². The molecule has 8 heteroatoms. The Balaban J connectivity index is 2.56. The minimum atomic E-state index is -1.26. The van der Waals surface area contributed by atoms with E-state index in [1.807, 2.05) is 19.1 Å². The molecule has 1 heterocycles. The van der Waals surface area contributed by atoms with Gasteiger partial charge in [-0.15, -0.1) is 11.3 Å². The summed E-state index contributed by atoms with van der Waals surface area (Å²) in [4.78, 5) is 35.8. The molecule has 20 heavy (non-hydrogen) atoms. The topological polar surface area (TPSA) is 107 Å². The van der Waals surface area contributed by atoms with Gasteiger partial charge in [0.1, 0.15) is 13.1 Å². The predicted octanol–water partition coefficient (Wildman–Crippen LogP) is 0.991. The second-order valence-electron chi connectivity index (χ2n) is 4.02. The molecule has 0 fully saturated rings. The number of aliphatic carboxylic acids is 2. The zero-order chi connectivity index (χ0) is 15.1. The standard InChI is InChI=1S/C12H16N2O5S/c1-2-8-3-4-9(20-8)5-13-12(19)14(6-10(15)16)7-11(17)18/h3-4H,2,5-7H2,1H3,(H,13,19)(H,15,16)(H,17,18). The largest absolute Gasteiger partial charge is 0.480 e. The van der Waals surface area contributed by atoms with Crippen LogP contribution in [-0.4, -0.2) is 46.2 Å². The van der Waals surface area contributed by atoms with Gasteiger partial charge < -0.3 is 20.4 Å². The highest BCUT2D eigenvalue weighted by Crippen LogP contribution is 2.16. The third-order valence-corrected chi connectivity index (χ3v) is 3.65. The molecule has 0 saturated carbocycles. The molecular formula is C12H16N2O5S. The van der Waals surface area contributed by atoms with Gasteiger partial charge >= 0.3 is 18.0 Å². The number of carboxylic acids is 2. The van der Waals surface area contributed by atoms with Crippen LogP contribution in [0.15, 0.2) is 12.1 Å². The second kappa shape index (κ2) is 7.49. The Kier molecular flexibility index (Phi) is 5.98. The molecule has 2 amide bonds. The third-order valence-electron chi connectivity index (χ3n) is 2.42. The molecule has 3 N–H and O–H groups in total. The van der Waals surface area contributed by atoms with Gasteiger partial charge in [-0.3, -0.25) is 9.59 Å². The summed E-state index contributed by atoms with van der Waals surface area (Å²) < 4.78 is 0. The molecule has 0 atom stereocenters. The summed E-state index contributed by atoms with van der Waals surface area (Å²) in [6.45, 7) is 0.973. The fraction of sp³-hybridized carbons (Fsp3) is 0.417. The minimum absolute atomic E-state index is 0.249. The maximum absolute atomic E-state index is 11.8. The highest BCUT2D eigenvalue weighted by Gasteiger charge is 2.19. The number of carboxylic acid groups (broad SMARTS) is 2. The number of aryl methyl sites for hydroxylation is 1.